The number of alkyl halides is 3. The lowest BCUT2D eigenvalue weighted by atomic mass is 9.94. The number of nitrogens with one attached hydrogen (secondary N) is 2. The van der Waals surface area contributed by atoms with Crippen LogP contribution in [0.1, 0.15) is 22.8 Å². The molecule has 9 heteroatoms. The number of cyclic esters (lactones) is 1. The van der Waals surface area contributed by atoms with Gasteiger partial charge in [-0.2, -0.15) is 13.2 Å². The van der Waals surface area contributed by atoms with Gasteiger partial charge in [0.15, 0.2) is 0 Å². The van der Waals surface area contributed by atoms with Gasteiger partial charge in [0.1, 0.15) is 5.82 Å². The van der Waals surface area contributed by atoms with E-state index in [1.807, 2.05) is 0 Å². The maximum atomic E-state index is 13.3. The standard InChI is InChI=1S/C15H11F3N4O2/c16-15(17,18)12-10-8(5-6-21-13(10)22-14(23)24-12)11(20)7-3-1-2-4-9(7)19/h1-6,12,20H,19H2,(H,21,22,23). The highest BCUT2D eigenvalue weighted by Gasteiger charge is 2.49. The largest absolute Gasteiger partial charge is 0.431 e. The second kappa shape index (κ2) is 5.52. The van der Waals surface area contributed by atoms with Crippen molar-refractivity contribution in [2.24, 2.45) is 0 Å². The lowest BCUT2D eigenvalue weighted by Crippen LogP contribution is -2.35. The third-order valence-electron chi connectivity index (χ3n) is 3.49. The number of nitrogens with zero attached hydrogens (tertiary/aromatic N) is 1. The van der Waals surface area contributed by atoms with Gasteiger partial charge < -0.3 is 10.5 Å². The number of nitrogens with two attached hydrogens (primary N) is 1. The molecule has 0 spiro atoms. The number of para-hydroxylation sites is 1. The highest BCUT2D eigenvalue weighted by Crippen LogP contribution is 2.43. The summed E-state index contributed by atoms with van der Waals surface area (Å²) in [6, 6.07) is 7.59. The first kappa shape index (κ1) is 15.8. The molecule has 1 aliphatic rings. The smallest absolute Gasteiger partial charge is 0.430 e. The number of rotatable bonds is 2. The highest BCUT2D eigenvalue weighted by molar-refractivity contribution is 6.15. The fourth-order valence-corrected chi connectivity index (χ4v) is 2.45. The van der Waals surface area contributed by atoms with E-state index in [2.05, 4.69) is 15.0 Å². The third-order valence-corrected chi connectivity index (χ3v) is 3.49. The fourth-order valence-electron chi connectivity index (χ4n) is 2.45. The average molecular weight is 336 g/mol. The van der Waals surface area contributed by atoms with Crippen LogP contribution in [-0.4, -0.2) is 23.0 Å². The minimum Gasteiger partial charge on any atom is -0.431 e. The van der Waals surface area contributed by atoms with Gasteiger partial charge >= 0.3 is 12.3 Å². The van der Waals surface area contributed by atoms with Gasteiger partial charge in [0.2, 0.25) is 6.10 Å². The molecule has 2 aromatic rings. The number of pyridine rings is 1. The number of halogens is 3. The molecule has 0 fully saturated rings. The predicted octanol–water partition coefficient (Wildman–Crippen LogP) is 3.25. The fraction of sp³-hybridized carbons (Fsp3) is 0.133. The molecule has 0 saturated heterocycles. The number of benzene rings is 1. The van der Waals surface area contributed by atoms with Gasteiger partial charge in [-0.05, 0) is 12.1 Å². The molecule has 124 valence electrons. The Morgan fingerprint density at radius 3 is 2.62 bits per heavy atom. The summed E-state index contributed by atoms with van der Waals surface area (Å²) < 4.78 is 44.3. The molecule has 1 amide bonds. The molecule has 2 heterocycles. The van der Waals surface area contributed by atoms with E-state index in [1.54, 1.807) is 12.1 Å². The van der Waals surface area contributed by atoms with Crippen molar-refractivity contribution in [3.63, 3.8) is 0 Å². The maximum absolute atomic E-state index is 13.3. The van der Waals surface area contributed by atoms with E-state index in [1.165, 1.54) is 24.4 Å². The summed E-state index contributed by atoms with van der Waals surface area (Å²) in [6.45, 7) is 0. The quantitative estimate of drug-likeness (QED) is 0.579. The average Bonchev–Trinajstić information content (AvgIpc) is 2.52. The molecule has 0 bridgehead atoms. The topological polar surface area (TPSA) is 101 Å². The first-order valence-electron chi connectivity index (χ1n) is 6.76. The van der Waals surface area contributed by atoms with Crippen LogP contribution in [0.15, 0.2) is 36.5 Å². The van der Waals surface area contributed by atoms with E-state index in [-0.39, 0.29) is 28.3 Å². The molecule has 0 saturated carbocycles. The zero-order valence-corrected chi connectivity index (χ0v) is 12.0. The van der Waals surface area contributed by atoms with Crippen LogP contribution >= 0.6 is 0 Å². The number of fused-ring (bicyclic) bond motifs is 1. The first-order chi connectivity index (χ1) is 11.3. The Bertz CT molecular complexity index is 836. The molecule has 0 radical (unpaired) electrons. The Hall–Kier alpha value is -3.10. The number of ether oxygens (including phenoxy) is 1. The molecular formula is C15H11F3N4O2. The Labute approximate surface area is 134 Å². The molecule has 4 N–H and O–H groups in total. The number of nitrogen functional groups attached to an aromatic ring is 1. The van der Waals surface area contributed by atoms with E-state index in [0.717, 1.165) is 0 Å². The molecule has 1 atom stereocenters. The molecule has 3 rings (SSSR count). The van der Waals surface area contributed by atoms with Gasteiger partial charge in [0.05, 0.1) is 11.3 Å². The van der Waals surface area contributed by atoms with Crippen LogP contribution in [0.2, 0.25) is 0 Å². The molecule has 24 heavy (non-hydrogen) atoms. The second-order valence-electron chi connectivity index (χ2n) is 5.04. The van der Waals surface area contributed by atoms with Crippen LogP contribution in [0.25, 0.3) is 0 Å². The molecule has 1 aromatic carbocycles. The summed E-state index contributed by atoms with van der Waals surface area (Å²) in [4.78, 5) is 15.1. The van der Waals surface area contributed by atoms with Crippen molar-refractivity contribution in [1.29, 1.82) is 5.41 Å². The monoisotopic (exact) mass is 336 g/mol. The van der Waals surface area contributed by atoms with Gasteiger partial charge in [0, 0.05) is 23.0 Å². The van der Waals surface area contributed by atoms with E-state index in [0.29, 0.717) is 0 Å². The summed E-state index contributed by atoms with van der Waals surface area (Å²) in [5.41, 5.74) is 5.60. The van der Waals surface area contributed by atoms with E-state index in [4.69, 9.17) is 11.1 Å². The van der Waals surface area contributed by atoms with Crippen molar-refractivity contribution in [1.82, 2.24) is 4.98 Å². The number of aromatic nitrogens is 1. The number of hydrogen-bond donors (Lipinski definition) is 3. The normalized spacial score (nSPS) is 16.8. The van der Waals surface area contributed by atoms with Gasteiger partial charge in [-0.25, -0.2) is 9.78 Å². The number of carbonyl (C=O) groups excluding carboxylic acids is 1. The maximum Gasteiger partial charge on any atom is 0.430 e. The molecule has 1 aliphatic heterocycles. The van der Waals surface area contributed by atoms with Gasteiger partial charge in [-0.1, -0.05) is 18.2 Å². The Balaban J connectivity index is 2.18. The van der Waals surface area contributed by atoms with Crippen LogP contribution in [0.4, 0.5) is 29.5 Å². The highest BCUT2D eigenvalue weighted by atomic mass is 19.4. The Morgan fingerprint density at radius 2 is 1.96 bits per heavy atom. The van der Waals surface area contributed by atoms with Crippen LogP contribution in [0.5, 0.6) is 0 Å². The van der Waals surface area contributed by atoms with Gasteiger partial charge in [0.25, 0.3) is 0 Å². The van der Waals surface area contributed by atoms with Crippen molar-refractivity contribution >= 4 is 23.3 Å². The van der Waals surface area contributed by atoms with Gasteiger partial charge in [-0.3, -0.25) is 10.7 Å². The lowest BCUT2D eigenvalue weighted by Gasteiger charge is -2.29. The molecule has 6 nitrogen and oxygen atoms in total. The SMILES string of the molecule is N=C(c1ccccc1N)c1ccnc2c1C(C(F)(F)F)OC(=O)N2. The summed E-state index contributed by atoms with van der Waals surface area (Å²) in [7, 11) is 0. The summed E-state index contributed by atoms with van der Waals surface area (Å²) in [6.07, 6.45) is -7.39. The van der Waals surface area contributed by atoms with E-state index >= 15 is 0 Å². The molecule has 0 aliphatic carbocycles. The Kier molecular flexibility index (Phi) is 3.63. The zero-order valence-electron chi connectivity index (χ0n) is 12.0. The van der Waals surface area contributed by atoms with Crippen molar-refractivity contribution in [3.05, 3.63) is 53.2 Å². The Morgan fingerprint density at radius 1 is 1.25 bits per heavy atom. The number of amides is 1. The summed E-state index contributed by atoms with van der Waals surface area (Å²) in [5.74, 6) is -0.287. The molecular weight excluding hydrogens is 325 g/mol. The van der Waals surface area contributed by atoms with Crippen LogP contribution < -0.4 is 11.1 Å². The van der Waals surface area contributed by atoms with Crippen molar-refractivity contribution in [2.75, 3.05) is 11.1 Å². The van der Waals surface area contributed by atoms with Crippen LogP contribution in [0.3, 0.4) is 0 Å². The van der Waals surface area contributed by atoms with Crippen LogP contribution in [0, 0.1) is 5.41 Å². The number of hydrogen-bond acceptors (Lipinski definition) is 5. The summed E-state index contributed by atoms with van der Waals surface area (Å²) in [5, 5.41) is 10.4. The first-order valence-corrected chi connectivity index (χ1v) is 6.76. The lowest BCUT2D eigenvalue weighted by molar-refractivity contribution is -0.206. The van der Waals surface area contributed by atoms with Crippen molar-refractivity contribution in [3.8, 4) is 0 Å². The predicted molar refractivity (Wildman–Crippen MR) is 79.9 cm³/mol. The second-order valence-corrected chi connectivity index (χ2v) is 5.04. The van der Waals surface area contributed by atoms with Crippen LogP contribution in [-0.2, 0) is 4.74 Å². The minimum absolute atomic E-state index is 0.0692. The van der Waals surface area contributed by atoms with Crippen molar-refractivity contribution < 1.29 is 22.7 Å². The third kappa shape index (κ3) is 2.64. The number of carbonyl (C=O) groups is 1. The molecule has 1 aromatic heterocycles. The van der Waals surface area contributed by atoms with Crippen molar-refractivity contribution in [2.45, 2.75) is 12.3 Å². The zero-order chi connectivity index (χ0) is 17.5. The van der Waals surface area contributed by atoms with Gasteiger partial charge in [-0.15, -0.1) is 0 Å². The summed E-state index contributed by atoms with van der Waals surface area (Å²) >= 11 is 0. The molecule has 1 unspecified atom stereocenters. The van der Waals surface area contributed by atoms with E-state index < -0.39 is 23.9 Å². The minimum atomic E-state index is -4.84. The number of anilines is 2. The van der Waals surface area contributed by atoms with E-state index in [9.17, 15) is 18.0 Å².